The third-order valence-electron chi connectivity index (χ3n) is 6.86. The van der Waals surface area contributed by atoms with Gasteiger partial charge in [-0.2, -0.15) is 0 Å². The van der Waals surface area contributed by atoms with Gasteiger partial charge in [0.05, 0.1) is 24.6 Å². The number of methoxy groups -OCH3 is 1. The molecule has 8 nitrogen and oxygen atoms in total. The van der Waals surface area contributed by atoms with Gasteiger partial charge in [0.25, 0.3) is 5.91 Å². The van der Waals surface area contributed by atoms with Gasteiger partial charge in [-0.1, -0.05) is 24.3 Å². The lowest BCUT2D eigenvalue weighted by molar-refractivity contribution is 0.0813. The molecule has 0 bridgehead atoms. The number of carbonyl (C=O) groups excluding carboxylic acids is 1. The van der Waals surface area contributed by atoms with Crippen LogP contribution < -0.4 is 13.8 Å². The molecule has 39 heavy (non-hydrogen) atoms. The number of nitrogens with zero attached hydrogens (tertiary/aromatic N) is 3. The second kappa shape index (κ2) is 10.2. The first-order valence-electron chi connectivity index (χ1n) is 12.2. The van der Waals surface area contributed by atoms with E-state index in [1.54, 1.807) is 32.5 Å². The number of halogens is 1. The highest BCUT2D eigenvalue weighted by Crippen LogP contribution is 2.45. The fourth-order valence-corrected chi connectivity index (χ4v) is 5.30. The number of fused-ring (bicyclic) bond motifs is 2. The van der Waals surface area contributed by atoms with Crippen LogP contribution in [0.1, 0.15) is 32.6 Å². The zero-order chi connectivity index (χ0) is 27.9. The maximum absolute atomic E-state index is 13.4. The second-order valence-corrected chi connectivity index (χ2v) is 11.6. The number of aromatic nitrogens is 1. The van der Waals surface area contributed by atoms with Gasteiger partial charge in [0, 0.05) is 37.8 Å². The minimum Gasteiger partial charge on any atom is -0.497 e. The van der Waals surface area contributed by atoms with E-state index in [1.165, 1.54) is 28.4 Å². The molecule has 0 atom stereocenters. The minimum atomic E-state index is -3.67. The highest BCUT2D eigenvalue weighted by Gasteiger charge is 2.36. The van der Waals surface area contributed by atoms with Crippen molar-refractivity contribution >= 4 is 32.5 Å². The molecular weight excluding hydrogens is 521 g/mol. The molecule has 0 spiro atoms. The summed E-state index contributed by atoms with van der Waals surface area (Å²) < 4.78 is 51.6. The highest BCUT2D eigenvalue weighted by molar-refractivity contribution is 7.92. The van der Waals surface area contributed by atoms with Crippen molar-refractivity contribution in [2.24, 2.45) is 0 Å². The van der Waals surface area contributed by atoms with Crippen molar-refractivity contribution in [2.75, 3.05) is 31.8 Å². The van der Waals surface area contributed by atoms with Gasteiger partial charge in [0.2, 0.25) is 10.0 Å². The van der Waals surface area contributed by atoms with Crippen molar-refractivity contribution in [2.45, 2.75) is 19.6 Å². The molecule has 1 amide bonds. The zero-order valence-corrected chi connectivity index (χ0v) is 22.9. The molecule has 0 saturated heterocycles. The van der Waals surface area contributed by atoms with Crippen LogP contribution in [0.3, 0.4) is 0 Å². The van der Waals surface area contributed by atoms with E-state index in [9.17, 15) is 17.6 Å². The van der Waals surface area contributed by atoms with Gasteiger partial charge in [0.15, 0.2) is 5.75 Å². The lowest BCUT2D eigenvalue weighted by Crippen LogP contribution is -2.26. The largest absolute Gasteiger partial charge is 0.497 e. The van der Waals surface area contributed by atoms with Gasteiger partial charge in [0.1, 0.15) is 23.7 Å². The number of hydrogen-bond donors (Lipinski definition) is 0. The Morgan fingerprint density at radius 2 is 1.72 bits per heavy atom. The van der Waals surface area contributed by atoms with Gasteiger partial charge in [-0.3, -0.25) is 14.1 Å². The number of carbonyl (C=O) groups is 1. The average molecular weight is 550 g/mol. The molecule has 0 N–H and O–H groups in total. The van der Waals surface area contributed by atoms with Crippen LogP contribution in [-0.4, -0.2) is 51.7 Å². The van der Waals surface area contributed by atoms with Gasteiger partial charge in [-0.15, -0.1) is 0 Å². The number of rotatable bonds is 8. The van der Waals surface area contributed by atoms with E-state index in [0.29, 0.717) is 45.6 Å². The van der Waals surface area contributed by atoms with E-state index >= 15 is 0 Å². The lowest BCUT2D eigenvalue weighted by atomic mass is 9.98. The van der Waals surface area contributed by atoms with Crippen LogP contribution in [0.2, 0.25) is 0 Å². The van der Waals surface area contributed by atoms with Crippen LogP contribution in [-0.2, 0) is 29.6 Å². The molecule has 202 valence electrons. The van der Waals surface area contributed by atoms with E-state index in [-0.39, 0.29) is 24.9 Å². The quantitative estimate of drug-likeness (QED) is 0.321. The van der Waals surface area contributed by atoms with Crippen molar-refractivity contribution in [3.05, 3.63) is 94.4 Å². The van der Waals surface area contributed by atoms with Gasteiger partial charge in [-0.05, 0) is 53.4 Å². The normalized spacial score (nSPS) is 13.1. The van der Waals surface area contributed by atoms with Crippen LogP contribution in [0.4, 0.5) is 10.1 Å². The number of benzene rings is 3. The van der Waals surface area contributed by atoms with Crippen molar-refractivity contribution in [1.82, 2.24) is 9.88 Å². The van der Waals surface area contributed by atoms with Gasteiger partial charge < -0.3 is 14.4 Å². The molecule has 1 aliphatic rings. The molecule has 3 aromatic carbocycles. The number of ether oxygens (including phenoxy) is 2. The predicted molar refractivity (Wildman–Crippen MR) is 147 cm³/mol. The van der Waals surface area contributed by atoms with Crippen LogP contribution in [0.25, 0.3) is 10.9 Å². The fourth-order valence-electron chi connectivity index (χ4n) is 4.76. The Balaban J connectivity index is 1.68. The number of amides is 1. The summed E-state index contributed by atoms with van der Waals surface area (Å²) >= 11 is 0. The predicted octanol–water partition coefficient (Wildman–Crippen LogP) is 4.53. The topological polar surface area (TPSA) is 89.0 Å². The summed E-state index contributed by atoms with van der Waals surface area (Å²) in [4.78, 5) is 19.5. The first kappa shape index (κ1) is 26.4. The Bertz CT molecular complexity index is 1670. The molecule has 2 heterocycles. The summed E-state index contributed by atoms with van der Waals surface area (Å²) in [5, 5.41) is 0.550. The third-order valence-corrected chi connectivity index (χ3v) is 8.04. The van der Waals surface area contributed by atoms with E-state index in [1.807, 2.05) is 30.3 Å². The Morgan fingerprint density at radius 3 is 2.36 bits per heavy atom. The van der Waals surface area contributed by atoms with E-state index in [2.05, 4.69) is 4.98 Å². The summed E-state index contributed by atoms with van der Waals surface area (Å²) in [6.07, 6.45) is 3.25. The molecule has 0 fully saturated rings. The monoisotopic (exact) mass is 549 g/mol. The molecule has 0 saturated carbocycles. The van der Waals surface area contributed by atoms with E-state index < -0.39 is 10.0 Å². The van der Waals surface area contributed by atoms with E-state index in [4.69, 9.17) is 9.47 Å². The Labute approximate surface area is 226 Å². The molecule has 4 aromatic rings. The summed E-state index contributed by atoms with van der Waals surface area (Å²) in [7, 11) is 1.05. The second-order valence-electron chi connectivity index (χ2n) is 9.60. The highest BCUT2D eigenvalue weighted by atomic mass is 32.2. The first-order valence-corrected chi connectivity index (χ1v) is 14.1. The number of sulfonamides is 1. The standard InChI is InChI=1S/C29H28FN3O5S/c1-32-16-24-25(29(32)34)28(38-17-19-7-11-22(37-3)12-8-19)26-23(27(24)33(2)39(4,35)36)14-20(15-31-26)13-18-5-9-21(30)10-6-18/h5-12,14-15H,13,16-17H2,1-4H3. The molecule has 10 heteroatoms. The summed E-state index contributed by atoms with van der Waals surface area (Å²) in [5.41, 5.74) is 4.20. The molecular formula is C29H28FN3O5S. The molecule has 0 radical (unpaired) electrons. The van der Waals surface area contributed by atoms with Crippen molar-refractivity contribution in [3.8, 4) is 11.5 Å². The maximum Gasteiger partial charge on any atom is 0.258 e. The summed E-state index contributed by atoms with van der Waals surface area (Å²) in [6.45, 7) is 0.392. The minimum absolute atomic E-state index is 0.169. The van der Waals surface area contributed by atoms with Crippen LogP contribution >= 0.6 is 0 Å². The van der Waals surface area contributed by atoms with Crippen molar-refractivity contribution in [1.29, 1.82) is 0 Å². The average Bonchev–Trinajstić information content (AvgIpc) is 3.20. The zero-order valence-electron chi connectivity index (χ0n) is 22.1. The molecule has 5 rings (SSSR count). The van der Waals surface area contributed by atoms with Crippen molar-refractivity contribution < 1.29 is 27.1 Å². The fraction of sp³-hybridized carbons (Fsp3) is 0.241. The maximum atomic E-state index is 13.4. The molecule has 1 aliphatic heterocycles. The Hall–Kier alpha value is -4.18. The Kier molecular flexibility index (Phi) is 6.90. The molecule has 1 aromatic heterocycles. The smallest absolute Gasteiger partial charge is 0.258 e. The molecule has 0 aliphatic carbocycles. The Morgan fingerprint density at radius 1 is 1.05 bits per heavy atom. The SMILES string of the molecule is COc1ccc(COc2c3c(c(N(C)S(C)(=O)=O)c4cc(Cc5ccc(F)cc5)cnc24)CN(C)C3=O)cc1. The molecule has 0 unspecified atom stereocenters. The van der Waals surface area contributed by atoms with E-state index in [0.717, 1.165) is 22.9 Å². The summed E-state index contributed by atoms with van der Waals surface area (Å²) in [6, 6.07) is 15.4. The van der Waals surface area contributed by atoms with Crippen molar-refractivity contribution in [3.63, 3.8) is 0 Å². The van der Waals surface area contributed by atoms with Gasteiger partial charge in [-0.25, -0.2) is 12.8 Å². The number of pyridine rings is 1. The van der Waals surface area contributed by atoms with Crippen LogP contribution in [0, 0.1) is 5.82 Å². The first-order chi connectivity index (χ1) is 18.6. The van der Waals surface area contributed by atoms with Crippen LogP contribution in [0.15, 0.2) is 60.8 Å². The van der Waals surface area contributed by atoms with Crippen LogP contribution in [0.5, 0.6) is 11.5 Å². The lowest BCUT2D eigenvalue weighted by Gasteiger charge is -2.24. The van der Waals surface area contributed by atoms with Gasteiger partial charge >= 0.3 is 0 Å². The number of anilines is 1. The summed E-state index contributed by atoms with van der Waals surface area (Å²) in [5.74, 6) is 0.432. The number of hydrogen-bond acceptors (Lipinski definition) is 6. The third kappa shape index (κ3) is 5.12.